The number of hydrogen-bond donors (Lipinski definition) is 3. The van der Waals surface area contributed by atoms with Crippen molar-refractivity contribution >= 4 is 11.8 Å². The number of rotatable bonds is 6. The van der Waals surface area contributed by atoms with Crippen LogP contribution >= 0.6 is 0 Å². The second kappa shape index (κ2) is 9.33. The number of hydrogen-bond acceptors (Lipinski definition) is 4. The molecule has 2 aliphatic rings. The second-order valence-corrected chi connectivity index (χ2v) is 8.09. The summed E-state index contributed by atoms with van der Waals surface area (Å²) in [6.07, 6.45) is 3.72. The third kappa shape index (κ3) is 5.78. The van der Waals surface area contributed by atoms with Crippen molar-refractivity contribution in [3.63, 3.8) is 0 Å². The van der Waals surface area contributed by atoms with E-state index in [1.54, 1.807) is 0 Å². The minimum absolute atomic E-state index is 0.0337. The van der Waals surface area contributed by atoms with Crippen LogP contribution in [0.2, 0.25) is 0 Å². The van der Waals surface area contributed by atoms with Gasteiger partial charge < -0.3 is 16.4 Å². The second-order valence-electron chi connectivity index (χ2n) is 8.09. The molecule has 4 N–H and O–H groups in total. The molecular weight excluding hydrogens is 340 g/mol. The van der Waals surface area contributed by atoms with Gasteiger partial charge in [-0.15, -0.1) is 0 Å². The fourth-order valence-corrected chi connectivity index (χ4v) is 4.23. The van der Waals surface area contributed by atoms with E-state index in [0.717, 1.165) is 57.4 Å². The van der Waals surface area contributed by atoms with E-state index >= 15 is 0 Å². The van der Waals surface area contributed by atoms with Crippen molar-refractivity contribution in [3.8, 4) is 0 Å². The lowest BCUT2D eigenvalue weighted by Gasteiger charge is -2.31. The molecular formula is C21H32N4O2. The zero-order valence-electron chi connectivity index (χ0n) is 16.2. The lowest BCUT2D eigenvalue weighted by atomic mass is 9.92. The number of nitrogens with one attached hydrogen (secondary N) is 2. The highest BCUT2D eigenvalue weighted by atomic mass is 16.2. The van der Waals surface area contributed by atoms with E-state index in [9.17, 15) is 9.59 Å². The first-order chi connectivity index (χ1) is 13.0. The van der Waals surface area contributed by atoms with Crippen molar-refractivity contribution in [1.82, 2.24) is 15.5 Å². The van der Waals surface area contributed by atoms with Crippen molar-refractivity contribution in [2.24, 2.45) is 17.6 Å². The summed E-state index contributed by atoms with van der Waals surface area (Å²) in [7, 11) is 0. The van der Waals surface area contributed by atoms with Gasteiger partial charge >= 0.3 is 0 Å². The number of nitrogens with two attached hydrogens (primary N) is 1. The van der Waals surface area contributed by atoms with E-state index in [1.165, 1.54) is 5.56 Å². The number of benzene rings is 1. The molecule has 1 unspecified atom stereocenters. The minimum atomic E-state index is -0.191. The summed E-state index contributed by atoms with van der Waals surface area (Å²) in [4.78, 5) is 26.2. The molecule has 0 spiro atoms. The van der Waals surface area contributed by atoms with Crippen LogP contribution in [0.3, 0.4) is 0 Å². The Morgan fingerprint density at radius 3 is 2.85 bits per heavy atom. The summed E-state index contributed by atoms with van der Waals surface area (Å²) in [6, 6.07) is 8.76. The van der Waals surface area contributed by atoms with E-state index in [-0.39, 0.29) is 23.7 Å². The molecule has 1 aromatic rings. The predicted molar refractivity (Wildman–Crippen MR) is 106 cm³/mol. The first-order valence-electron chi connectivity index (χ1n) is 10.1. The quantitative estimate of drug-likeness (QED) is 0.704. The average Bonchev–Trinajstić information content (AvgIpc) is 2.66. The normalized spacial score (nSPS) is 26.5. The van der Waals surface area contributed by atoms with Gasteiger partial charge in [0.15, 0.2) is 0 Å². The van der Waals surface area contributed by atoms with E-state index in [2.05, 4.69) is 40.7 Å². The third-order valence-corrected chi connectivity index (χ3v) is 5.77. The summed E-state index contributed by atoms with van der Waals surface area (Å²) in [5, 5.41) is 6.48. The number of piperidine rings is 2. The molecule has 0 aromatic heterocycles. The molecule has 6 nitrogen and oxygen atoms in total. The van der Waals surface area contributed by atoms with Crippen LogP contribution in [0.25, 0.3) is 0 Å². The van der Waals surface area contributed by atoms with Gasteiger partial charge in [0.05, 0.1) is 5.92 Å². The van der Waals surface area contributed by atoms with Crippen LogP contribution in [0.5, 0.6) is 0 Å². The monoisotopic (exact) mass is 372 g/mol. The molecule has 0 bridgehead atoms. The highest BCUT2D eigenvalue weighted by molar-refractivity contribution is 5.78. The van der Waals surface area contributed by atoms with Crippen LogP contribution in [0, 0.1) is 11.8 Å². The summed E-state index contributed by atoms with van der Waals surface area (Å²) >= 11 is 0. The van der Waals surface area contributed by atoms with Gasteiger partial charge in [0, 0.05) is 31.6 Å². The van der Waals surface area contributed by atoms with Crippen LogP contribution in [-0.4, -0.2) is 42.4 Å². The van der Waals surface area contributed by atoms with Gasteiger partial charge in [-0.25, -0.2) is 0 Å². The smallest absolute Gasteiger partial charge is 0.223 e. The van der Waals surface area contributed by atoms with Gasteiger partial charge in [0.2, 0.25) is 11.8 Å². The Balaban J connectivity index is 1.51. The van der Waals surface area contributed by atoms with E-state index in [1.807, 2.05) is 6.07 Å². The van der Waals surface area contributed by atoms with Gasteiger partial charge in [-0.1, -0.05) is 24.3 Å². The van der Waals surface area contributed by atoms with Crippen LogP contribution in [0.15, 0.2) is 24.3 Å². The van der Waals surface area contributed by atoms with Gasteiger partial charge in [0.1, 0.15) is 0 Å². The first-order valence-corrected chi connectivity index (χ1v) is 10.1. The maximum absolute atomic E-state index is 12.4. The standard InChI is InChI=1S/C21H32N4O2/c1-15-10-18(7-8-23-15)21(27)24-12-16-4-2-5-17(11-16)13-25-9-3-6-19(14-25)20(22)26/h2,4-5,11,15,18-19,23H,3,6-10,12-14H2,1H3,(H2,22,26)(H,24,27)/t15-,18-,19?/m0/s1. The van der Waals surface area contributed by atoms with Gasteiger partial charge in [-0.3, -0.25) is 14.5 Å². The van der Waals surface area contributed by atoms with Crippen molar-refractivity contribution in [1.29, 1.82) is 0 Å². The van der Waals surface area contributed by atoms with Crippen LogP contribution < -0.4 is 16.4 Å². The third-order valence-electron chi connectivity index (χ3n) is 5.77. The Kier molecular flexibility index (Phi) is 6.85. The van der Waals surface area contributed by atoms with Crippen LogP contribution in [0.1, 0.15) is 43.7 Å². The molecule has 0 aliphatic carbocycles. The zero-order valence-corrected chi connectivity index (χ0v) is 16.2. The Hall–Kier alpha value is -1.92. The first kappa shape index (κ1) is 19.8. The molecule has 3 rings (SSSR count). The SMILES string of the molecule is C[C@H]1C[C@@H](C(=O)NCc2cccc(CN3CCCC(C(N)=O)C3)c2)CCN1. The Bertz CT molecular complexity index is 663. The molecule has 148 valence electrons. The Morgan fingerprint density at radius 1 is 1.26 bits per heavy atom. The Labute approximate surface area is 161 Å². The lowest BCUT2D eigenvalue weighted by Crippen LogP contribution is -2.42. The highest BCUT2D eigenvalue weighted by Gasteiger charge is 2.25. The number of likely N-dealkylation sites (tertiary alicyclic amines) is 1. The van der Waals surface area contributed by atoms with E-state index in [0.29, 0.717) is 12.6 Å². The molecule has 3 atom stereocenters. The average molecular weight is 373 g/mol. The van der Waals surface area contributed by atoms with Crippen molar-refractivity contribution in [2.75, 3.05) is 19.6 Å². The summed E-state index contributed by atoms with van der Waals surface area (Å²) in [6.45, 7) is 6.16. The molecule has 0 radical (unpaired) electrons. The highest BCUT2D eigenvalue weighted by Crippen LogP contribution is 2.19. The van der Waals surface area contributed by atoms with Gasteiger partial charge in [-0.2, -0.15) is 0 Å². The van der Waals surface area contributed by atoms with Gasteiger partial charge in [-0.05, 0) is 56.8 Å². The molecule has 27 heavy (non-hydrogen) atoms. The molecule has 2 fully saturated rings. The number of nitrogens with zero attached hydrogens (tertiary/aromatic N) is 1. The van der Waals surface area contributed by atoms with Crippen LogP contribution in [0.4, 0.5) is 0 Å². The topological polar surface area (TPSA) is 87.5 Å². The molecule has 1 aromatic carbocycles. The number of primary amides is 1. The Morgan fingerprint density at radius 2 is 2.07 bits per heavy atom. The fraction of sp³-hybridized carbons (Fsp3) is 0.619. The minimum Gasteiger partial charge on any atom is -0.369 e. The number of carbonyl (C=O) groups is 2. The number of carbonyl (C=O) groups excluding carboxylic acids is 2. The predicted octanol–water partition coefficient (Wildman–Crippen LogP) is 1.39. The van der Waals surface area contributed by atoms with Crippen LogP contribution in [-0.2, 0) is 22.7 Å². The van der Waals surface area contributed by atoms with Crippen molar-refractivity contribution in [2.45, 2.75) is 51.7 Å². The molecule has 0 saturated carbocycles. The van der Waals surface area contributed by atoms with E-state index in [4.69, 9.17) is 5.73 Å². The van der Waals surface area contributed by atoms with Crippen molar-refractivity contribution < 1.29 is 9.59 Å². The molecule has 2 amide bonds. The maximum atomic E-state index is 12.4. The number of amides is 2. The molecule has 2 aliphatic heterocycles. The molecule has 6 heteroatoms. The molecule has 2 heterocycles. The lowest BCUT2D eigenvalue weighted by molar-refractivity contribution is -0.126. The maximum Gasteiger partial charge on any atom is 0.223 e. The van der Waals surface area contributed by atoms with Crippen molar-refractivity contribution in [3.05, 3.63) is 35.4 Å². The summed E-state index contributed by atoms with van der Waals surface area (Å²) < 4.78 is 0. The fourth-order valence-electron chi connectivity index (χ4n) is 4.23. The largest absolute Gasteiger partial charge is 0.369 e. The zero-order chi connectivity index (χ0) is 19.2. The summed E-state index contributed by atoms with van der Waals surface area (Å²) in [5.41, 5.74) is 7.80. The van der Waals surface area contributed by atoms with E-state index < -0.39 is 0 Å². The molecule has 2 saturated heterocycles. The summed E-state index contributed by atoms with van der Waals surface area (Å²) in [5.74, 6) is 0.0505. The van der Waals surface area contributed by atoms with Gasteiger partial charge in [0.25, 0.3) is 0 Å².